The van der Waals surface area contributed by atoms with Crippen molar-refractivity contribution in [2.24, 2.45) is 0 Å². The maximum Gasteiger partial charge on any atom is 0.212 e. The van der Waals surface area contributed by atoms with E-state index in [4.69, 9.17) is 16.5 Å². The number of ether oxygens (including phenoxy) is 1. The van der Waals surface area contributed by atoms with Crippen LogP contribution in [0.3, 0.4) is 0 Å². The molecule has 1 aliphatic carbocycles. The lowest BCUT2D eigenvalue weighted by Crippen LogP contribution is -2.10. The molecular weight excluding hydrogens is 364 g/mol. The van der Waals surface area contributed by atoms with Gasteiger partial charge in [-0.05, 0) is 31.1 Å². The van der Waals surface area contributed by atoms with Gasteiger partial charge in [-0.2, -0.15) is 0 Å². The summed E-state index contributed by atoms with van der Waals surface area (Å²) in [6, 6.07) is 2.45. The predicted octanol–water partition coefficient (Wildman–Crippen LogP) is 3.99. The highest BCUT2D eigenvalue weighted by atomic mass is 35.5. The Morgan fingerprint density at radius 1 is 1.32 bits per heavy atom. The molecule has 0 amide bonds. The molecule has 0 spiro atoms. The Morgan fingerprint density at radius 2 is 2.04 bits per heavy atom. The first-order valence-electron chi connectivity index (χ1n) is 7.44. The van der Waals surface area contributed by atoms with E-state index in [0.29, 0.717) is 5.13 Å². The van der Waals surface area contributed by atoms with Crippen molar-refractivity contribution in [3.8, 4) is 17.2 Å². The number of rotatable bonds is 5. The van der Waals surface area contributed by atoms with E-state index in [0.717, 1.165) is 18.5 Å². The zero-order valence-electron chi connectivity index (χ0n) is 13.3. The third-order valence-corrected chi connectivity index (χ3v) is 4.89. The minimum absolute atomic E-state index is 0.0847. The number of anilines is 1. The molecule has 0 saturated carbocycles. The molecule has 25 heavy (non-hydrogen) atoms. The van der Waals surface area contributed by atoms with Crippen molar-refractivity contribution in [2.75, 3.05) is 11.5 Å². The van der Waals surface area contributed by atoms with Crippen molar-refractivity contribution >= 4 is 34.0 Å². The van der Waals surface area contributed by atoms with Crippen LogP contribution in [0.1, 0.15) is 28.9 Å². The summed E-state index contributed by atoms with van der Waals surface area (Å²) in [4.78, 5) is 16.8. The number of aromatic hydroxyl groups is 2. The third-order valence-electron chi connectivity index (χ3n) is 3.61. The normalized spacial score (nSPS) is 13.4. The van der Waals surface area contributed by atoms with Crippen molar-refractivity contribution < 1.29 is 19.7 Å². The molecule has 0 unspecified atom stereocenters. The Balaban J connectivity index is 1.86. The summed E-state index contributed by atoms with van der Waals surface area (Å²) in [5, 5.41) is 21.7. The maximum atomic E-state index is 12.6. The molecule has 0 radical (unpaired) electrons. The molecule has 2 N–H and O–H groups in total. The number of allylic oxidation sites excluding steroid dienone is 3. The van der Waals surface area contributed by atoms with Crippen LogP contribution in [0.4, 0.5) is 5.13 Å². The van der Waals surface area contributed by atoms with Crippen LogP contribution in [0.15, 0.2) is 41.4 Å². The van der Waals surface area contributed by atoms with Crippen LogP contribution in [-0.4, -0.2) is 28.1 Å². The zero-order chi connectivity index (χ0) is 18.0. The smallest absolute Gasteiger partial charge is 0.212 e. The van der Waals surface area contributed by atoms with Gasteiger partial charge >= 0.3 is 0 Å². The number of hydrogen-bond acceptors (Lipinski definition) is 7. The summed E-state index contributed by atoms with van der Waals surface area (Å²) < 4.78 is 6.26. The molecule has 0 fully saturated rings. The molecule has 1 heterocycles. The average Bonchev–Trinajstić information content (AvgIpc) is 3.11. The molecule has 130 valence electrons. The summed E-state index contributed by atoms with van der Waals surface area (Å²) in [6.07, 6.45) is 7.79. The first-order chi connectivity index (χ1) is 12.0. The topological polar surface area (TPSA) is 82.9 Å². The molecule has 3 rings (SSSR count). The fourth-order valence-corrected chi connectivity index (χ4v) is 3.41. The zero-order valence-corrected chi connectivity index (χ0v) is 14.8. The van der Waals surface area contributed by atoms with Gasteiger partial charge in [-0.1, -0.05) is 12.2 Å². The molecule has 0 atom stereocenters. The van der Waals surface area contributed by atoms with E-state index < -0.39 is 5.78 Å². The summed E-state index contributed by atoms with van der Waals surface area (Å²) in [7, 11) is 1.31. The highest BCUT2D eigenvalue weighted by Crippen LogP contribution is 2.37. The molecule has 0 aliphatic heterocycles. The number of phenolic OH excluding ortho intramolecular Hbond substituents is 2. The van der Waals surface area contributed by atoms with E-state index in [2.05, 4.69) is 4.98 Å². The Hall–Kier alpha value is -2.51. The largest absolute Gasteiger partial charge is 0.504 e. The van der Waals surface area contributed by atoms with Crippen molar-refractivity contribution in [3.63, 3.8) is 0 Å². The Bertz CT molecular complexity index is 852. The van der Waals surface area contributed by atoms with E-state index >= 15 is 0 Å². The molecule has 0 bridgehead atoms. The average molecular weight is 379 g/mol. The van der Waals surface area contributed by atoms with Crippen molar-refractivity contribution in [1.82, 2.24) is 4.98 Å². The van der Waals surface area contributed by atoms with Crippen LogP contribution in [0.5, 0.6) is 17.2 Å². The van der Waals surface area contributed by atoms with Crippen LogP contribution in [0.25, 0.3) is 0 Å². The monoisotopic (exact) mass is 378 g/mol. The van der Waals surface area contributed by atoms with Crippen LogP contribution >= 0.6 is 23.1 Å². The molecule has 8 heteroatoms. The van der Waals surface area contributed by atoms with Gasteiger partial charge in [0.05, 0.1) is 12.8 Å². The van der Waals surface area contributed by atoms with E-state index in [-0.39, 0.29) is 28.5 Å². The minimum atomic E-state index is -0.436. The Morgan fingerprint density at radius 3 is 2.64 bits per heavy atom. The number of phenols is 2. The van der Waals surface area contributed by atoms with Gasteiger partial charge in [0, 0.05) is 22.7 Å². The summed E-state index contributed by atoms with van der Waals surface area (Å²) >= 11 is 7.52. The highest BCUT2D eigenvalue weighted by Gasteiger charge is 2.20. The summed E-state index contributed by atoms with van der Waals surface area (Å²) in [5.74, 6) is -1.16. The van der Waals surface area contributed by atoms with Gasteiger partial charge in [0.2, 0.25) is 16.7 Å². The second kappa shape index (κ2) is 7.16. The summed E-state index contributed by atoms with van der Waals surface area (Å²) in [5.41, 5.74) is 1.08. The lowest BCUT2D eigenvalue weighted by molar-refractivity contribution is 0.103. The second-order valence-corrected chi connectivity index (χ2v) is 6.46. The van der Waals surface area contributed by atoms with Crippen molar-refractivity contribution in [2.45, 2.75) is 12.8 Å². The number of benzene rings is 1. The van der Waals surface area contributed by atoms with Crippen molar-refractivity contribution in [1.29, 1.82) is 0 Å². The van der Waals surface area contributed by atoms with Gasteiger partial charge in [-0.3, -0.25) is 4.79 Å². The second-order valence-electron chi connectivity index (χ2n) is 5.28. The van der Waals surface area contributed by atoms with E-state index in [1.807, 2.05) is 18.2 Å². The molecule has 1 aromatic carbocycles. The molecule has 1 aliphatic rings. The number of ketones is 1. The number of carbonyl (C=O) groups is 1. The van der Waals surface area contributed by atoms with Gasteiger partial charge in [0.1, 0.15) is 5.69 Å². The van der Waals surface area contributed by atoms with E-state index in [9.17, 15) is 15.0 Å². The minimum Gasteiger partial charge on any atom is -0.504 e. The predicted molar refractivity (Wildman–Crippen MR) is 96.7 cm³/mol. The highest BCUT2D eigenvalue weighted by molar-refractivity contribution is 7.14. The van der Waals surface area contributed by atoms with Gasteiger partial charge in [0.15, 0.2) is 11.5 Å². The first-order valence-corrected chi connectivity index (χ1v) is 8.66. The molecule has 2 aromatic rings. The van der Waals surface area contributed by atoms with Crippen molar-refractivity contribution in [3.05, 3.63) is 52.7 Å². The standard InChI is InChI=1S/C17H15ClN2O4S/c1-24-16-13(21)7-10(8-14(16)22)15(23)12-9-25-17(19-12)20(18)11-5-3-2-4-6-11/h3,5-9,21-22H,2,4H2,1H3. The SMILES string of the molecule is COc1c(O)cc(C(=O)c2csc(N(Cl)C3=CCCC=C3)n2)cc1O. The number of halogens is 1. The van der Waals surface area contributed by atoms with Crippen LogP contribution in [0.2, 0.25) is 0 Å². The quantitative estimate of drug-likeness (QED) is 0.604. The van der Waals surface area contributed by atoms with Crippen LogP contribution < -0.4 is 9.16 Å². The van der Waals surface area contributed by atoms with Gasteiger partial charge in [-0.15, -0.1) is 11.3 Å². The number of hydrogen-bond donors (Lipinski definition) is 2. The van der Waals surface area contributed by atoms with Crippen LogP contribution in [0, 0.1) is 0 Å². The van der Waals surface area contributed by atoms with Crippen LogP contribution in [-0.2, 0) is 0 Å². The van der Waals surface area contributed by atoms with E-state index in [1.165, 1.54) is 35.0 Å². The number of thiazole rings is 1. The van der Waals surface area contributed by atoms with E-state index in [1.54, 1.807) is 5.38 Å². The number of nitrogens with zero attached hydrogens (tertiary/aromatic N) is 2. The lowest BCUT2D eigenvalue weighted by atomic mass is 10.1. The molecule has 6 nitrogen and oxygen atoms in total. The molecular formula is C17H15ClN2O4S. The Labute approximate surface area is 153 Å². The van der Waals surface area contributed by atoms with Gasteiger partial charge < -0.3 is 14.9 Å². The fourth-order valence-electron chi connectivity index (χ4n) is 2.40. The maximum absolute atomic E-state index is 12.6. The fraction of sp³-hybridized carbons (Fsp3) is 0.176. The summed E-state index contributed by atoms with van der Waals surface area (Å²) in [6.45, 7) is 0. The Kier molecular flexibility index (Phi) is 4.96. The van der Waals surface area contributed by atoms with Gasteiger partial charge in [-0.25, -0.2) is 9.40 Å². The molecule has 0 saturated heterocycles. The first kappa shape index (κ1) is 17.3. The molecule has 1 aromatic heterocycles. The number of methoxy groups -OCH3 is 1. The number of carbonyl (C=O) groups excluding carboxylic acids is 1. The lowest BCUT2D eigenvalue weighted by Gasteiger charge is -2.15. The van der Waals surface area contributed by atoms with Gasteiger partial charge in [0.25, 0.3) is 0 Å². The third kappa shape index (κ3) is 3.47. The number of aromatic nitrogens is 1.